The number of benzene rings is 1. The van der Waals surface area contributed by atoms with Crippen LogP contribution in [-0.4, -0.2) is 21.3 Å². The van der Waals surface area contributed by atoms with E-state index in [1.807, 2.05) is 6.92 Å². The first-order valence-corrected chi connectivity index (χ1v) is 6.15. The van der Waals surface area contributed by atoms with Gasteiger partial charge in [0.25, 0.3) is 5.91 Å². The van der Waals surface area contributed by atoms with Crippen molar-refractivity contribution in [1.82, 2.24) is 10.5 Å². The molecule has 2 aromatic rings. The van der Waals surface area contributed by atoms with Crippen molar-refractivity contribution >= 4 is 5.91 Å². The topological polar surface area (TPSA) is 95.6 Å². The van der Waals surface area contributed by atoms with E-state index in [4.69, 9.17) is 4.52 Å². The summed E-state index contributed by atoms with van der Waals surface area (Å²) >= 11 is 0. The van der Waals surface area contributed by atoms with Crippen LogP contribution in [0.25, 0.3) is 0 Å². The van der Waals surface area contributed by atoms with Gasteiger partial charge in [0.2, 0.25) is 0 Å². The van der Waals surface area contributed by atoms with Gasteiger partial charge in [0.15, 0.2) is 11.5 Å². The van der Waals surface area contributed by atoms with Gasteiger partial charge < -0.3 is 20.1 Å². The lowest BCUT2D eigenvalue weighted by Gasteiger charge is -2.14. The maximum atomic E-state index is 12.1. The van der Waals surface area contributed by atoms with Gasteiger partial charge in [-0.05, 0) is 39.0 Å². The van der Waals surface area contributed by atoms with Crippen LogP contribution >= 0.6 is 0 Å². The van der Waals surface area contributed by atoms with Gasteiger partial charge in [-0.1, -0.05) is 5.16 Å². The molecule has 3 N–H and O–H groups in total. The SMILES string of the molecule is Cc1noc(C)c1C(C)NC(=O)c1ccc(O)c(O)c1. The van der Waals surface area contributed by atoms with E-state index in [-0.39, 0.29) is 29.0 Å². The minimum Gasteiger partial charge on any atom is -0.504 e. The molecule has 1 aromatic heterocycles. The molecule has 6 heteroatoms. The molecule has 0 bridgehead atoms. The standard InChI is InChI=1S/C14H16N2O4/c1-7(13-8(2)16-20-9(13)3)15-14(19)10-4-5-11(17)12(18)6-10/h4-7,17-18H,1-3H3,(H,15,19). The zero-order valence-electron chi connectivity index (χ0n) is 11.5. The van der Waals surface area contributed by atoms with E-state index in [0.29, 0.717) is 5.76 Å². The number of aromatic nitrogens is 1. The summed E-state index contributed by atoms with van der Waals surface area (Å²) in [5, 5.41) is 25.3. The Morgan fingerprint density at radius 3 is 2.55 bits per heavy atom. The fourth-order valence-corrected chi connectivity index (χ4v) is 2.13. The van der Waals surface area contributed by atoms with Crippen LogP contribution in [0.1, 0.15) is 40.3 Å². The molecule has 0 fully saturated rings. The van der Waals surface area contributed by atoms with Gasteiger partial charge in [0.05, 0.1) is 11.7 Å². The van der Waals surface area contributed by atoms with Crippen molar-refractivity contribution in [2.45, 2.75) is 26.8 Å². The van der Waals surface area contributed by atoms with Crippen molar-refractivity contribution in [2.24, 2.45) is 0 Å². The number of amides is 1. The van der Waals surface area contributed by atoms with Gasteiger partial charge in [0.1, 0.15) is 5.76 Å². The van der Waals surface area contributed by atoms with Crippen LogP contribution in [0, 0.1) is 13.8 Å². The second-order valence-corrected chi connectivity index (χ2v) is 4.64. The Morgan fingerprint density at radius 2 is 2.00 bits per heavy atom. The van der Waals surface area contributed by atoms with Crippen LogP contribution < -0.4 is 5.32 Å². The fourth-order valence-electron chi connectivity index (χ4n) is 2.13. The summed E-state index contributed by atoms with van der Waals surface area (Å²) < 4.78 is 5.06. The monoisotopic (exact) mass is 276 g/mol. The maximum absolute atomic E-state index is 12.1. The number of hydrogen-bond donors (Lipinski definition) is 3. The Labute approximate surface area is 116 Å². The maximum Gasteiger partial charge on any atom is 0.251 e. The predicted molar refractivity (Wildman–Crippen MR) is 71.6 cm³/mol. The Balaban J connectivity index is 2.17. The van der Waals surface area contributed by atoms with Crippen LogP contribution in [0.4, 0.5) is 0 Å². The molecule has 0 radical (unpaired) electrons. The number of nitrogens with zero attached hydrogens (tertiary/aromatic N) is 1. The van der Waals surface area contributed by atoms with E-state index in [9.17, 15) is 15.0 Å². The molecule has 106 valence electrons. The Morgan fingerprint density at radius 1 is 1.30 bits per heavy atom. The van der Waals surface area contributed by atoms with E-state index in [2.05, 4.69) is 10.5 Å². The first-order chi connectivity index (χ1) is 9.40. The highest BCUT2D eigenvalue weighted by atomic mass is 16.5. The lowest BCUT2D eigenvalue weighted by molar-refractivity contribution is 0.0939. The third-order valence-electron chi connectivity index (χ3n) is 3.11. The second kappa shape index (κ2) is 5.24. The minimum atomic E-state index is -0.354. The molecule has 20 heavy (non-hydrogen) atoms. The van der Waals surface area contributed by atoms with Crippen LogP contribution in [0.3, 0.4) is 0 Å². The molecule has 2 rings (SSSR count). The molecule has 0 saturated heterocycles. The highest BCUT2D eigenvalue weighted by Crippen LogP contribution is 2.26. The van der Waals surface area contributed by atoms with E-state index >= 15 is 0 Å². The number of rotatable bonds is 3. The smallest absolute Gasteiger partial charge is 0.251 e. The van der Waals surface area contributed by atoms with Gasteiger partial charge in [0, 0.05) is 11.1 Å². The summed E-state index contributed by atoms with van der Waals surface area (Å²) in [6.07, 6.45) is 0. The molecule has 1 atom stereocenters. The minimum absolute atomic E-state index is 0.263. The van der Waals surface area contributed by atoms with E-state index in [1.54, 1.807) is 13.8 Å². The van der Waals surface area contributed by atoms with E-state index in [0.717, 1.165) is 11.3 Å². The quantitative estimate of drug-likeness (QED) is 0.747. The predicted octanol–water partition coefficient (Wildman–Crippen LogP) is 2.19. The molecule has 1 aromatic carbocycles. The third kappa shape index (κ3) is 2.59. The molecule has 1 heterocycles. The number of nitrogens with one attached hydrogen (secondary N) is 1. The summed E-state index contributed by atoms with van der Waals surface area (Å²) in [5.41, 5.74) is 1.82. The fraction of sp³-hybridized carbons (Fsp3) is 0.286. The van der Waals surface area contributed by atoms with E-state index < -0.39 is 0 Å². The Hall–Kier alpha value is -2.50. The molecule has 0 spiro atoms. The van der Waals surface area contributed by atoms with Gasteiger partial charge in [-0.2, -0.15) is 0 Å². The van der Waals surface area contributed by atoms with Crippen molar-refractivity contribution in [2.75, 3.05) is 0 Å². The van der Waals surface area contributed by atoms with Gasteiger partial charge in [-0.25, -0.2) is 0 Å². The summed E-state index contributed by atoms with van der Waals surface area (Å²) in [7, 11) is 0. The Kier molecular flexibility index (Phi) is 3.65. The average Bonchev–Trinajstić information content (AvgIpc) is 2.72. The molecule has 0 saturated carbocycles. The Bertz CT molecular complexity index is 629. The average molecular weight is 276 g/mol. The normalized spacial score (nSPS) is 12.2. The molecular weight excluding hydrogens is 260 g/mol. The number of phenols is 2. The number of carbonyl (C=O) groups excluding carboxylic acids is 1. The van der Waals surface area contributed by atoms with Crippen LogP contribution in [0.5, 0.6) is 11.5 Å². The third-order valence-corrected chi connectivity index (χ3v) is 3.11. The molecule has 0 aliphatic heterocycles. The van der Waals surface area contributed by atoms with Gasteiger partial charge >= 0.3 is 0 Å². The number of hydrogen-bond acceptors (Lipinski definition) is 5. The lowest BCUT2D eigenvalue weighted by atomic mass is 10.1. The van der Waals surface area contributed by atoms with Crippen molar-refractivity contribution in [1.29, 1.82) is 0 Å². The van der Waals surface area contributed by atoms with Gasteiger partial charge in [-0.15, -0.1) is 0 Å². The molecule has 0 aliphatic carbocycles. The van der Waals surface area contributed by atoms with Crippen LogP contribution in [-0.2, 0) is 0 Å². The number of aryl methyl sites for hydroxylation is 2. The number of carbonyl (C=O) groups is 1. The highest BCUT2D eigenvalue weighted by molar-refractivity contribution is 5.95. The zero-order valence-corrected chi connectivity index (χ0v) is 11.5. The van der Waals surface area contributed by atoms with Crippen molar-refractivity contribution in [3.63, 3.8) is 0 Å². The first kappa shape index (κ1) is 13.9. The zero-order chi connectivity index (χ0) is 14.9. The largest absolute Gasteiger partial charge is 0.504 e. The molecule has 1 unspecified atom stereocenters. The second-order valence-electron chi connectivity index (χ2n) is 4.64. The molecule has 0 aliphatic rings. The summed E-state index contributed by atoms with van der Waals surface area (Å²) in [6.45, 7) is 5.41. The summed E-state index contributed by atoms with van der Waals surface area (Å²) in [5.74, 6) is -0.292. The van der Waals surface area contributed by atoms with Crippen molar-refractivity contribution in [3.05, 3.63) is 40.8 Å². The number of aromatic hydroxyl groups is 2. The molecular formula is C14H16N2O4. The molecule has 1 amide bonds. The van der Waals surface area contributed by atoms with E-state index in [1.165, 1.54) is 18.2 Å². The summed E-state index contributed by atoms with van der Waals surface area (Å²) in [6, 6.07) is 3.64. The lowest BCUT2D eigenvalue weighted by Crippen LogP contribution is -2.27. The summed E-state index contributed by atoms with van der Waals surface area (Å²) in [4.78, 5) is 12.1. The van der Waals surface area contributed by atoms with Crippen LogP contribution in [0.2, 0.25) is 0 Å². The van der Waals surface area contributed by atoms with Gasteiger partial charge in [-0.3, -0.25) is 4.79 Å². The van der Waals surface area contributed by atoms with Crippen molar-refractivity contribution in [3.8, 4) is 11.5 Å². The highest BCUT2D eigenvalue weighted by Gasteiger charge is 2.19. The first-order valence-electron chi connectivity index (χ1n) is 6.15. The van der Waals surface area contributed by atoms with Crippen LogP contribution in [0.15, 0.2) is 22.7 Å². The number of phenolic OH excluding ortho intramolecular Hbond substituents is 2. The molecule has 6 nitrogen and oxygen atoms in total. The van der Waals surface area contributed by atoms with Crippen molar-refractivity contribution < 1.29 is 19.5 Å².